The SMILES string of the molecule is CN(C)CCCNC(=O)c1ccnc(Nc2ccc(Oc3ccccc3)cc2)c1. The summed E-state index contributed by atoms with van der Waals surface area (Å²) in [4.78, 5) is 18.7. The summed E-state index contributed by atoms with van der Waals surface area (Å²) in [6.07, 6.45) is 2.54. The third-order valence-electron chi connectivity index (χ3n) is 4.20. The van der Waals surface area contributed by atoms with Crippen molar-refractivity contribution in [1.82, 2.24) is 15.2 Å². The fourth-order valence-electron chi connectivity index (χ4n) is 2.72. The second kappa shape index (κ2) is 10.2. The lowest BCUT2D eigenvalue weighted by atomic mass is 10.2. The lowest BCUT2D eigenvalue weighted by Gasteiger charge is -2.11. The number of hydrogen-bond donors (Lipinski definition) is 2. The molecule has 0 aliphatic carbocycles. The van der Waals surface area contributed by atoms with E-state index < -0.39 is 0 Å². The van der Waals surface area contributed by atoms with E-state index in [1.807, 2.05) is 68.7 Å². The molecule has 0 radical (unpaired) electrons. The summed E-state index contributed by atoms with van der Waals surface area (Å²) in [5.41, 5.74) is 1.44. The summed E-state index contributed by atoms with van der Waals surface area (Å²) in [5.74, 6) is 2.06. The first kappa shape index (κ1) is 20.4. The fraction of sp³-hybridized carbons (Fsp3) is 0.217. The molecular weight excluding hydrogens is 364 g/mol. The number of para-hydroxylation sites is 1. The topological polar surface area (TPSA) is 66.5 Å². The van der Waals surface area contributed by atoms with Gasteiger partial charge in [0.1, 0.15) is 17.3 Å². The largest absolute Gasteiger partial charge is 0.457 e. The molecule has 0 aliphatic rings. The molecule has 0 unspecified atom stereocenters. The molecule has 1 amide bonds. The molecule has 0 saturated carbocycles. The quantitative estimate of drug-likeness (QED) is 0.533. The van der Waals surface area contributed by atoms with E-state index >= 15 is 0 Å². The number of nitrogens with zero attached hydrogens (tertiary/aromatic N) is 2. The molecule has 2 N–H and O–H groups in total. The lowest BCUT2D eigenvalue weighted by molar-refractivity contribution is 0.0952. The molecule has 150 valence electrons. The van der Waals surface area contributed by atoms with Crippen molar-refractivity contribution in [3.8, 4) is 11.5 Å². The van der Waals surface area contributed by atoms with Crippen LogP contribution in [-0.4, -0.2) is 43.0 Å². The minimum absolute atomic E-state index is 0.0965. The summed E-state index contributed by atoms with van der Waals surface area (Å²) in [7, 11) is 4.03. The molecule has 6 heteroatoms. The van der Waals surface area contributed by atoms with Gasteiger partial charge in [-0.2, -0.15) is 0 Å². The van der Waals surface area contributed by atoms with Gasteiger partial charge in [0.05, 0.1) is 0 Å². The molecule has 6 nitrogen and oxygen atoms in total. The summed E-state index contributed by atoms with van der Waals surface area (Å²) >= 11 is 0. The van der Waals surface area contributed by atoms with E-state index in [1.165, 1.54) is 0 Å². The minimum atomic E-state index is -0.0965. The Kier molecular flexibility index (Phi) is 7.19. The summed E-state index contributed by atoms with van der Waals surface area (Å²) in [5, 5.41) is 6.16. The highest BCUT2D eigenvalue weighted by atomic mass is 16.5. The highest BCUT2D eigenvalue weighted by Gasteiger charge is 2.07. The summed E-state index contributed by atoms with van der Waals surface area (Å²) in [6.45, 7) is 1.58. The average molecular weight is 390 g/mol. The molecular formula is C23H26N4O2. The van der Waals surface area contributed by atoms with Gasteiger partial charge in [-0.25, -0.2) is 4.98 Å². The van der Waals surface area contributed by atoms with Crippen molar-refractivity contribution < 1.29 is 9.53 Å². The van der Waals surface area contributed by atoms with Gasteiger partial charge in [0.25, 0.3) is 5.91 Å². The third kappa shape index (κ3) is 6.62. The normalized spacial score (nSPS) is 10.6. The maximum absolute atomic E-state index is 12.3. The Bertz CT molecular complexity index is 912. The number of amides is 1. The molecule has 2 aromatic carbocycles. The molecule has 29 heavy (non-hydrogen) atoms. The highest BCUT2D eigenvalue weighted by molar-refractivity contribution is 5.94. The second-order valence-corrected chi connectivity index (χ2v) is 6.91. The minimum Gasteiger partial charge on any atom is -0.457 e. The van der Waals surface area contributed by atoms with Gasteiger partial charge in [0.2, 0.25) is 0 Å². The molecule has 0 bridgehead atoms. The highest BCUT2D eigenvalue weighted by Crippen LogP contribution is 2.24. The van der Waals surface area contributed by atoms with Crippen LogP contribution in [-0.2, 0) is 0 Å². The van der Waals surface area contributed by atoms with Gasteiger partial charge >= 0.3 is 0 Å². The molecule has 1 heterocycles. The summed E-state index contributed by atoms with van der Waals surface area (Å²) < 4.78 is 5.80. The van der Waals surface area contributed by atoms with Gasteiger partial charge in [0.15, 0.2) is 0 Å². The van der Waals surface area contributed by atoms with Gasteiger partial charge < -0.3 is 20.3 Å². The van der Waals surface area contributed by atoms with E-state index in [-0.39, 0.29) is 5.91 Å². The number of anilines is 2. The van der Waals surface area contributed by atoms with E-state index in [9.17, 15) is 4.79 Å². The van der Waals surface area contributed by atoms with Gasteiger partial charge in [-0.15, -0.1) is 0 Å². The van der Waals surface area contributed by atoms with Gasteiger partial charge in [-0.1, -0.05) is 18.2 Å². The second-order valence-electron chi connectivity index (χ2n) is 6.91. The fourth-order valence-corrected chi connectivity index (χ4v) is 2.72. The molecule has 0 aliphatic heterocycles. The third-order valence-corrected chi connectivity index (χ3v) is 4.20. The zero-order chi connectivity index (χ0) is 20.5. The van der Waals surface area contributed by atoms with Crippen molar-refractivity contribution >= 4 is 17.4 Å². The first-order valence-corrected chi connectivity index (χ1v) is 9.59. The van der Waals surface area contributed by atoms with E-state index in [4.69, 9.17) is 4.74 Å². The number of nitrogens with one attached hydrogen (secondary N) is 2. The number of benzene rings is 2. The predicted octanol–water partition coefficient (Wildman–Crippen LogP) is 4.30. The van der Waals surface area contributed by atoms with Crippen molar-refractivity contribution in [1.29, 1.82) is 0 Å². The maximum atomic E-state index is 12.3. The van der Waals surface area contributed by atoms with Crippen LogP contribution in [0.2, 0.25) is 0 Å². The number of carbonyl (C=O) groups excluding carboxylic acids is 1. The standard InChI is InChI=1S/C23H26N4O2/c1-27(2)16-6-14-25-23(28)18-13-15-24-22(17-18)26-19-9-11-21(12-10-19)29-20-7-4-3-5-8-20/h3-5,7-13,15,17H,6,14,16H2,1-2H3,(H,24,26)(H,25,28). The van der Waals surface area contributed by atoms with Crippen molar-refractivity contribution in [2.75, 3.05) is 32.5 Å². The molecule has 0 atom stereocenters. The van der Waals surface area contributed by atoms with Crippen LogP contribution in [0.1, 0.15) is 16.8 Å². The Balaban J connectivity index is 1.56. The van der Waals surface area contributed by atoms with Crippen LogP contribution in [0.3, 0.4) is 0 Å². The molecule has 1 aromatic heterocycles. The van der Waals surface area contributed by atoms with E-state index in [1.54, 1.807) is 18.3 Å². The Labute approximate surface area is 171 Å². The van der Waals surface area contributed by atoms with Crippen molar-refractivity contribution in [2.45, 2.75) is 6.42 Å². The average Bonchev–Trinajstić information content (AvgIpc) is 2.73. The van der Waals surface area contributed by atoms with Crippen molar-refractivity contribution in [2.24, 2.45) is 0 Å². The molecule has 0 spiro atoms. The van der Waals surface area contributed by atoms with Gasteiger partial charge in [-0.05, 0) is 75.6 Å². The molecule has 0 fully saturated rings. The van der Waals surface area contributed by atoms with E-state index in [0.717, 1.165) is 30.2 Å². The van der Waals surface area contributed by atoms with Crippen LogP contribution in [0.5, 0.6) is 11.5 Å². The Morgan fingerprint density at radius 3 is 2.45 bits per heavy atom. The van der Waals surface area contributed by atoms with Crippen LogP contribution in [0.4, 0.5) is 11.5 Å². The number of aromatic nitrogens is 1. The Morgan fingerprint density at radius 2 is 1.72 bits per heavy atom. The smallest absolute Gasteiger partial charge is 0.251 e. The van der Waals surface area contributed by atoms with Crippen LogP contribution in [0.25, 0.3) is 0 Å². The zero-order valence-electron chi connectivity index (χ0n) is 16.8. The summed E-state index contributed by atoms with van der Waals surface area (Å²) in [6, 6.07) is 20.7. The first-order chi connectivity index (χ1) is 14.1. The number of hydrogen-bond acceptors (Lipinski definition) is 5. The van der Waals surface area contributed by atoms with Crippen molar-refractivity contribution in [3.05, 3.63) is 78.5 Å². The number of carbonyl (C=O) groups is 1. The zero-order valence-corrected chi connectivity index (χ0v) is 16.8. The molecule has 3 rings (SSSR count). The van der Waals surface area contributed by atoms with Crippen LogP contribution >= 0.6 is 0 Å². The van der Waals surface area contributed by atoms with E-state index in [2.05, 4.69) is 20.5 Å². The van der Waals surface area contributed by atoms with Gasteiger partial charge in [-0.3, -0.25) is 4.79 Å². The molecule has 3 aromatic rings. The van der Waals surface area contributed by atoms with Crippen LogP contribution < -0.4 is 15.4 Å². The lowest BCUT2D eigenvalue weighted by Crippen LogP contribution is -2.27. The first-order valence-electron chi connectivity index (χ1n) is 9.59. The maximum Gasteiger partial charge on any atom is 0.251 e. The Morgan fingerprint density at radius 1 is 1.00 bits per heavy atom. The van der Waals surface area contributed by atoms with Crippen LogP contribution in [0.15, 0.2) is 72.9 Å². The molecule has 0 saturated heterocycles. The van der Waals surface area contributed by atoms with Gasteiger partial charge in [0, 0.05) is 24.0 Å². The van der Waals surface area contributed by atoms with Crippen LogP contribution in [0, 0.1) is 0 Å². The number of pyridine rings is 1. The van der Waals surface area contributed by atoms with Crippen molar-refractivity contribution in [3.63, 3.8) is 0 Å². The predicted molar refractivity (Wildman–Crippen MR) is 116 cm³/mol. The number of ether oxygens (including phenoxy) is 1. The Hall–Kier alpha value is -3.38. The monoisotopic (exact) mass is 390 g/mol. The van der Waals surface area contributed by atoms with E-state index in [0.29, 0.717) is 17.9 Å². The number of rotatable bonds is 9.